The summed E-state index contributed by atoms with van der Waals surface area (Å²) in [5, 5.41) is 5.54. The lowest BCUT2D eigenvalue weighted by molar-refractivity contribution is 0.0982. The number of hydrogen-bond donors (Lipinski definition) is 0. The first-order valence-corrected chi connectivity index (χ1v) is 8.35. The zero-order valence-corrected chi connectivity index (χ0v) is 13.5. The summed E-state index contributed by atoms with van der Waals surface area (Å²) in [6.07, 6.45) is 7.44. The number of nitrogens with zero attached hydrogens (tertiary/aromatic N) is 2. The molecule has 0 aromatic heterocycles. The summed E-state index contributed by atoms with van der Waals surface area (Å²) in [4.78, 5) is 7.54. The van der Waals surface area contributed by atoms with Crippen molar-refractivity contribution in [2.45, 2.75) is 38.5 Å². The zero-order chi connectivity index (χ0) is 14.7. The summed E-state index contributed by atoms with van der Waals surface area (Å²) < 4.78 is 0. The first-order chi connectivity index (χ1) is 10.2. The fourth-order valence-corrected chi connectivity index (χ4v) is 3.60. The van der Waals surface area contributed by atoms with Crippen molar-refractivity contribution in [3.63, 3.8) is 0 Å². The summed E-state index contributed by atoms with van der Waals surface area (Å²) in [5.74, 6) is 1.75. The van der Waals surface area contributed by atoms with Crippen molar-refractivity contribution in [2.75, 3.05) is 13.3 Å². The third kappa shape index (κ3) is 3.83. The molecule has 1 saturated carbocycles. The first kappa shape index (κ1) is 15.0. The SMILES string of the molecule is Clc1ccc(CC2=NOCN2CC2CCCCC2)c(Cl)c1. The van der Waals surface area contributed by atoms with Crippen LogP contribution in [0.15, 0.2) is 23.4 Å². The highest BCUT2D eigenvalue weighted by atomic mass is 35.5. The Bertz CT molecular complexity index is 527. The number of hydrogen-bond acceptors (Lipinski definition) is 3. The quantitative estimate of drug-likeness (QED) is 0.799. The number of oxime groups is 1. The third-order valence-corrected chi connectivity index (χ3v) is 4.90. The zero-order valence-electron chi connectivity index (χ0n) is 12.0. The Hall–Kier alpha value is -0.930. The van der Waals surface area contributed by atoms with Crippen LogP contribution in [-0.2, 0) is 11.3 Å². The van der Waals surface area contributed by atoms with Gasteiger partial charge in [0.05, 0.1) is 0 Å². The van der Waals surface area contributed by atoms with Crippen LogP contribution in [0.4, 0.5) is 0 Å². The first-order valence-electron chi connectivity index (χ1n) is 7.60. The number of rotatable bonds is 4. The second-order valence-corrected chi connectivity index (χ2v) is 6.75. The normalized spacial score (nSPS) is 19.5. The summed E-state index contributed by atoms with van der Waals surface area (Å²) in [5.41, 5.74) is 1.04. The summed E-state index contributed by atoms with van der Waals surface area (Å²) in [6.45, 7) is 1.61. The molecule has 0 spiro atoms. The van der Waals surface area contributed by atoms with Crippen molar-refractivity contribution in [3.05, 3.63) is 33.8 Å². The maximum atomic E-state index is 6.25. The fraction of sp³-hybridized carbons (Fsp3) is 0.562. The van der Waals surface area contributed by atoms with Gasteiger partial charge in [-0.05, 0) is 36.5 Å². The second kappa shape index (κ2) is 6.89. The molecule has 1 fully saturated rings. The van der Waals surface area contributed by atoms with Crippen LogP contribution in [0.3, 0.4) is 0 Å². The van der Waals surface area contributed by atoms with E-state index in [1.54, 1.807) is 6.07 Å². The van der Waals surface area contributed by atoms with Crippen molar-refractivity contribution in [1.82, 2.24) is 4.90 Å². The average molecular weight is 327 g/mol. The molecule has 0 N–H and O–H groups in total. The van der Waals surface area contributed by atoms with Gasteiger partial charge in [-0.2, -0.15) is 0 Å². The van der Waals surface area contributed by atoms with Gasteiger partial charge in [-0.3, -0.25) is 0 Å². The maximum Gasteiger partial charge on any atom is 0.190 e. The maximum absolute atomic E-state index is 6.25. The summed E-state index contributed by atoms with van der Waals surface area (Å²) >= 11 is 12.2. The molecule has 1 aliphatic carbocycles. The van der Waals surface area contributed by atoms with Gasteiger partial charge in [0, 0.05) is 23.0 Å². The lowest BCUT2D eigenvalue weighted by Gasteiger charge is -2.27. The van der Waals surface area contributed by atoms with Gasteiger partial charge in [0.2, 0.25) is 0 Å². The molecule has 1 aromatic rings. The number of halogens is 2. The highest BCUT2D eigenvalue weighted by molar-refractivity contribution is 6.35. The van der Waals surface area contributed by atoms with E-state index in [1.807, 2.05) is 12.1 Å². The minimum absolute atomic E-state index is 0.567. The molecule has 0 saturated heterocycles. The van der Waals surface area contributed by atoms with E-state index >= 15 is 0 Å². The lowest BCUT2D eigenvalue weighted by Crippen LogP contribution is -2.34. The van der Waals surface area contributed by atoms with Gasteiger partial charge in [-0.15, -0.1) is 0 Å². The van der Waals surface area contributed by atoms with E-state index in [1.165, 1.54) is 32.1 Å². The van der Waals surface area contributed by atoms with Gasteiger partial charge >= 0.3 is 0 Å². The Morgan fingerprint density at radius 1 is 1.19 bits per heavy atom. The Balaban J connectivity index is 1.63. The lowest BCUT2D eigenvalue weighted by atomic mass is 9.89. The van der Waals surface area contributed by atoms with Gasteiger partial charge in [0.15, 0.2) is 12.6 Å². The van der Waals surface area contributed by atoms with E-state index in [4.69, 9.17) is 28.0 Å². The van der Waals surface area contributed by atoms with Crippen LogP contribution in [0, 0.1) is 5.92 Å². The Morgan fingerprint density at radius 3 is 2.76 bits per heavy atom. The molecule has 0 atom stereocenters. The standard InChI is InChI=1S/C16H20Cl2N2O/c17-14-7-6-13(15(18)9-14)8-16-19-21-11-20(16)10-12-4-2-1-3-5-12/h6-7,9,12H,1-5,8,10-11H2. The molecule has 2 aliphatic rings. The molecule has 3 rings (SSSR count). The molecule has 0 bridgehead atoms. The van der Waals surface area contributed by atoms with E-state index in [0.717, 1.165) is 23.9 Å². The Morgan fingerprint density at radius 2 is 2.00 bits per heavy atom. The minimum atomic E-state index is 0.567. The van der Waals surface area contributed by atoms with Gasteiger partial charge < -0.3 is 9.74 Å². The van der Waals surface area contributed by atoms with Gasteiger partial charge in [-0.1, -0.05) is 53.7 Å². The molecule has 21 heavy (non-hydrogen) atoms. The largest absolute Gasteiger partial charge is 0.372 e. The summed E-state index contributed by atoms with van der Waals surface area (Å²) in [7, 11) is 0. The van der Waals surface area contributed by atoms with Crippen LogP contribution in [0.25, 0.3) is 0 Å². The molecular formula is C16H20Cl2N2O. The van der Waals surface area contributed by atoms with Crippen molar-refractivity contribution in [3.8, 4) is 0 Å². The molecule has 3 nitrogen and oxygen atoms in total. The van der Waals surface area contributed by atoms with E-state index < -0.39 is 0 Å². The van der Waals surface area contributed by atoms with Crippen LogP contribution in [0.5, 0.6) is 0 Å². The van der Waals surface area contributed by atoms with Crippen LogP contribution >= 0.6 is 23.2 Å². The number of amidine groups is 1. The van der Waals surface area contributed by atoms with E-state index in [0.29, 0.717) is 23.2 Å². The molecule has 0 unspecified atom stereocenters. The highest BCUT2D eigenvalue weighted by Crippen LogP contribution is 2.27. The van der Waals surface area contributed by atoms with Gasteiger partial charge in [-0.25, -0.2) is 0 Å². The predicted octanol–water partition coefficient (Wildman–Crippen LogP) is 4.72. The molecule has 0 radical (unpaired) electrons. The summed E-state index contributed by atoms with van der Waals surface area (Å²) in [6, 6.07) is 5.61. The van der Waals surface area contributed by atoms with Crippen molar-refractivity contribution in [1.29, 1.82) is 0 Å². The monoisotopic (exact) mass is 326 g/mol. The topological polar surface area (TPSA) is 24.8 Å². The fourth-order valence-electron chi connectivity index (χ4n) is 3.12. The molecule has 0 amide bonds. The van der Waals surface area contributed by atoms with Crippen molar-refractivity contribution in [2.24, 2.45) is 11.1 Å². The van der Waals surface area contributed by atoms with Crippen molar-refractivity contribution >= 4 is 29.0 Å². The van der Waals surface area contributed by atoms with E-state index in [-0.39, 0.29) is 0 Å². The molecule has 1 aromatic carbocycles. The van der Waals surface area contributed by atoms with E-state index in [2.05, 4.69) is 10.1 Å². The molecule has 1 aliphatic heterocycles. The van der Waals surface area contributed by atoms with Gasteiger partial charge in [0.1, 0.15) is 0 Å². The van der Waals surface area contributed by atoms with Crippen LogP contribution in [-0.4, -0.2) is 24.0 Å². The molecule has 5 heteroatoms. The Kier molecular flexibility index (Phi) is 4.91. The predicted molar refractivity (Wildman–Crippen MR) is 86.8 cm³/mol. The third-order valence-electron chi connectivity index (χ3n) is 4.32. The smallest absolute Gasteiger partial charge is 0.190 e. The second-order valence-electron chi connectivity index (χ2n) is 5.90. The van der Waals surface area contributed by atoms with Crippen LogP contribution in [0.1, 0.15) is 37.7 Å². The highest BCUT2D eigenvalue weighted by Gasteiger charge is 2.24. The Labute approximate surface area is 135 Å². The van der Waals surface area contributed by atoms with Crippen LogP contribution < -0.4 is 0 Å². The molecular weight excluding hydrogens is 307 g/mol. The molecule has 114 valence electrons. The average Bonchev–Trinajstić information content (AvgIpc) is 2.90. The number of benzene rings is 1. The minimum Gasteiger partial charge on any atom is -0.372 e. The van der Waals surface area contributed by atoms with Crippen LogP contribution in [0.2, 0.25) is 10.0 Å². The van der Waals surface area contributed by atoms with Crippen molar-refractivity contribution < 1.29 is 4.84 Å². The van der Waals surface area contributed by atoms with Gasteiger partial charge in [0.25, 0.3) is 0 Å². The molecule has 1 heterocycles. The van der Waals surface area contributed by atoms with E-state index in [9.17, 15) is 0 Å².